The summed E-state index contributed by atoms with van der Waals surface area (Å²) in [5.74, 6) is 1.50. The minimum Gasteiger partial charge on any atom is -0.494 e. The molecular formula is C15H19N3O. The molecule has 4 heteroatoms. The van der Waals surface area contributed by atoms with Gasteiger partial charge in [-0.3, -0.25) is 0 Å². The number of aromatic nitrogens is 2. The van der Waals surface area contributed by atoms with Gasteiger partial charge in [0.15, 0.2) is 0 Å². The normalized spacial score (nSPS) is 14.6. The van der Waals surface area contributed by atoms with E-state index in [1.807, 2.05) is 28.9 Å². The Morgan fingerprint density at radius 3 is 2.84 bits per heavy atom. The van der Waals surface area contributed by atoms with E-state index >= 15 is 0 Å². The summed E-state index contributed by atoms with van der Waals surface area (Å²) in [6, 6.07) is 10.2. The number of benzene rings is 1. The summed E-state index contributed by atoms with van der Waals surface area (Å²) >= 11 is 0. The maximum absolute atomic E-state index is 5.63. The van der Waals surface area contributed by atoms with Crippen molar-refractivity contribution in [1.82, 2.24) is 9.78 Å². The molecule has 0 saturated heterocycles. The molecule has 2 N–H and O–H groups in total. The zero-order chi connectivity index (χ0) is 13.2. The number of nitrogens with two attached hydrogens (primary N) is 1. The SMILES string of the molecule is COc1ccccc1-n1nc(CCN)cc1C1CC1. The van der Waals surface area contributed by atoms with Gasteiger partial charge in [0.25, 0.3) is 0 Å². The third-order valence-electron chi connectivity index (χ3n) is 3.50. The first-order valence-electron chi connectivity index (χ1n) is 6.75. The summed E-state index contributed by atoms with van der Waals surface area (Å²) in [6.07, 6.45) is 3.33. The average molecular weight is 257 g/mol. The second-order valence-electron chi connectivity index (χ2n) is 4.96. The fourth-order valence-corrected chi connectivity index (χ4v) is 2.38. The second kappa shape index (κ2) is 5.05. The topological polar surface area (TPSA) is 53.1 Å². The molecule has 0 spiro atoms. The average Bonchev–Trinajstić information content (AvgIpc) is 3.20. The minimum absolute atomic E-state index is 0.632. The van der Waals surface area contributed by atoms with Crippen molar-refractivity contribution >= 4 is 0 Å². The van der Waals surface area contributed by atoms with Crippen LogP contribution in [0.25, 0.3) is 5.69 Å². The van der Waals surface area contributed by atoms with Crippen LogP contribution in [0.3, 0.4) is 0 Å². The molecule has 0 aliphatic heterocycles. The lowest BCUT2D eigenvalue weighted by molar-refractivity contribution is 0.411. The van der Waals surface area contributed by atoms with Gasteiger partial charge in [0.1, 0.15) is 11.4 Å². The number of nitrogens with zero attached hydrogens (tertiary/aromatic N) is 2. The summed E-state index contributed by atoms with van der Waals surface area (Å²) in [5, 5.41) is 4.70. The van der Waals surface area contributed by atoms with Gasteiger partial charge < -0.3 is 10.5 Å². The molecule has 3 rings (SSSR count). The van der Waals surface area contributed by atoms with Crippen LogP contribution in [0, 0.1) is 0 Å². The van der Waals surface area contributed by atoms with Crippen LogP contribution in [0.2, 0.25) is 0 Å². The monoisotopic (exact) mass is 257 g/mol. The molecular weight excluding hydrogens is 238 g/mol. The van der Waals surface area contributed by atoms with Gasteiger partial charge in [-0.25, -0.2) is 4.68 Å². The molecule has 1 aliphatic rings. The Morgan fingerprint density at radius 2 is 2.16 bits per heavy atom. The van der Waals surface area contributed by atoms with Crippen molar-refractivity contribution < 1.29 is 4.74 Å². The molecule has 1 saturated carbocycles. The Hall–Kier alpha value is -1.81. The van der Waals surface area contributed by atoms with Crippen LogP contribution in [-0.4, -0.2) is 23.4 Å². The third-order valence-corrected chi connectivity index (χ3v) is 3.50. The standard InChI is InChI=1S/C15H19N3O/c1-19-15-5-3-2-4-13(15)18-14(11-6-7-11)10-12(17-18)8-9-16/h2-5,10-11H,6-9,16H2,1H3. The van der Waals surface area contributed by atoms with Gasteiger partial charge >= 0.3 is 0 Å². The molecule has 0 unspecified atom stereocenters. The first-order chi connectivity index (χ1) is 9.33. The van der Waals surface area contributed by atoms with Crippen molar-refractivity contribution in [3.05, 3.63) is 41.7 Å². The predicted octanol–water partition coefficient (Wildman–Crippen LogP) is 2.26. The van der Waals surface area contributed by atoms with E-state index < -0.39 is 0 Å². The fraction of sp³-hybridized carbons (Fsp3) is 0.400. The lowest BCUT2D eigenvalue weighted by Gasteiger charge is -2.10. The Bertz CT molecular complexity index is 573. The van der Waals surface area contributed by atoms with Crippen LogP contribution in [-0.2, 0) is 6.42 Å². The van der Waals surface area contributed by atoms with Gasteiger partial charge in [0.05, 0.1) is 12.8 Å². The first kappa shape index (κ1) is 12.2. The van der Waals surface area contributed by atoms with E-state index in [2.05, 4.69) is 6.07 Å². The van der Waals surface area contributed by atoms with Crippen LogP contribution in [0.5, 0.6) is 5.75 Å². The molecule has 1 aromatic carbocycles. The molecule has 1 aromatic heterocycles. The van der Waals surface area contributed by atoms with E-state index in [1.165, 1.54) is 18.5 Å². The smallest absolute Gasteiger partial charge is 0.144 e. The van der Waals surface area contributed by atoms with Crippen LogP contribution in [0.1, 0.15) is 30.1 Å². The van der Waals surface area contributed by atoms with Gasteiger partial charge in [0, 0.05) is 18.0 Å². The molecule has 4 nitrogen and oxygen atoms in total. The van der Waals surface area contributed by atoms with E-state index in [0.717, 1.165) is 23.6 Å². The van der Waals surface area contributed by atoms with E-state index in [4.69, 9.17) is 15.6 Å². The lowest BCUT2D eigenvalue weighted by Crippen LogP contribution is -2.06. The van der Waals surface area contributed by atoms with Crippen LogP contribution in [0.4, 0.5) is 0 Å². The predicted molar refractivity (Wildman–Crippen MR) is 74.8 cm³/mol. The Morgan fingerprint density at radius 1 is 1.37 bits per heavy atom. The minimum atomic E-state index is 0.632. The van der Waals surface area contributed by atoms with Gasteiger partial charge in [-0.2, -0.15) is 5.10 Å². The highest BCUT2D eigenvalue weighted by molar-refractivity contribution is 5.48. The molecule has 1 fully saturated rings. The summed E-state index contributed by atoms with van der Waals surface area (Å²) < 4.78 is 7.47. The quantitative estimate of drug-likeness (QED) is 0.894. The van der Waals surface area contributed by atoms with Gasteiger partial charge in [-0.05, 0) is 37.6 Å². The van der Waals surface area contributed by atoms with Crippen molar-refractivity contribution in [2.75, 3.05) is 13.7 Å². The number of rotatable bonds is 5. The van der Waals surface area contributed by atoms with Crippen LogP contribution < -0.4 is 10.5 Å². The Balaban J connectivity index is 2.07. The van der Waals surface area contributed by atoms with Crippen molar-refractivity contribution in [2.24, 2.45) is 5.73 Å². The van der Waals surface area contributed by atoms with Crippen molar-refractivity contribution in [3.8, 4) is 11.4 Å². The maximum Gasteiger partial charge on any atom is 0.144 e. The molecule has 19 heavy (non-hydrogen) atoms. The van der Waals surface area contributed by atoms with E-state index in [9.17, 15) is 0 Å². The number of hydrogen-bond acceptors (Lipinski definition) is 3. The molecule has 100 valence electrons. The fourth-order valence-electron chi connectivity index (χ4n) is 2.38. The summed E-state index contributed by atoms with van der Waals surface area (Å²) in [4.78, 5) is 0. The van der Waals surface area contributed by atoms with Crippen molar-refractivity contribution in [3.63, 3.8) is 0 Å². The zero-order valence-corrected chi connectivity index (χ0v) is 11.2. The van der Waals surface area contributed by atoms with E-state index in [-0.39, 0.29) is 0 Å². The highest BCUT2D eigenvalue weighted by Gasteiger charge is 2.29. The number of para-hydroxylation sites is 2. The summed E-state index contributed by atoms with van der Waals surface area (Å²) in [6.45, 7) is 0.632. The van der Waals surface area contributed by atoms with Crippen molar-refractivity contribution in [2.45, 2.75) is 25.2 Å². The van der Waals surface area contributed by atoms with Gasteiger partial charge in [-0.1, -0.05) is 12.1 Å². The Labute approximate surface area is 113 Å². The largest absolute Gasteiger partial charge is 0.494 e. The molecule has 0 atom stereocenters. The van der Waals surface area contributed by atoms with Crippen LogP contribution >= 0.6 is 0 Å². The third kappa shape index (κ3) is 2.36. The van der Waals surface area contributed by atoms with Crippen LogP contribution in [0.15, 0.2) is 30.3 Å². The molecule has 1 heterocycles. The molecule has 0 radical (unpaired) electrons. The number of ether oxygens (including phenoxy) is 1. The highest BCUT2D eigenvalue weighted by Crippen LogP contribution is 2.41. The lowest BCUT2D eigenvalue weighted by atomic mass is 10.2. The number of hydrogen-bond donors (Lipinski definition) is 1. The van der Waals surface area contributed by atoms with Crippen molar-refractivity contribution in [1.29, 1.82) is 0 Å². The molecule has 0 bridgehead atoms. The maximum atomic E-state index is 5.63. The van der Waals surface area contributed by atoms with E-state index in [1.54, 1.807) is 7.11 Å². The highest BCUT2D eigenvalue weighted by atomic mass is 16.5. The second-order valence-corrected chi connectivity index (χ2v) is 4.96. The van der Waals surface area contributed by atoms with Gasteiger partial charge in [0.2, 0.25) is 0 Å². The summed E-state index contributed by atoms with van der Waals surface area (Å²) in [5.41, 5.74) is 8.99. The summed E-state index contributed by atoms with van der Waals surface area (Å²) in [7, 11) is 1.69. The zero-order valence-electron chi connectivity index (χ0n) is 11.2. The Kier molecular flexibility index (Phi) is 3.25. The molecule has 1 aliphatic carbocycles. The molecule has 0 amide bonds. The number of methoxy groups -OCH3 is 1. The first-order valence-corrected chi connectivity index (χ1v) is 6.75. The van der Waals surface area contributed by atoms with E-state index in [0.29, 0.717) is 12.5 Å². The molecule has 2 aromatic rings. The van der Waals surface area contributed by atoms with Gasteiger partial charge in [-0.15, -0.1) is 0 Å².